The van der Waals surface area contributed by atoms with Crippen LogP contribution in [0.15, 0.2) is 30.3 Å². The SMILES string of the molecule is CC(=O)Nc1ccc(NC(=O)c2cc(C)nc(NC3CCCCCC3)n2)cc1. The molecule has 1 aliphatic carbocycles. The quantitative estimate of drug-likeness (QED) is 0.677. The second kappa shape index (κ2) is 9.30. The summed E-state index contributed by atoms with van der Waals surface area (Å²) in [6, 6.07) is 8.99. The van der Waals surface area contributed by atoms with E-state index in [1.54, 1.807) is 30.3 Å². The number of hydrogen-bond donors (Lipinski definition) is 3. The maximum atomic E-state index is 12.6. The highest BCUT2D eigenvalue weighted by Gasteiger charge is 2.16. The van der Waals surface area contributed by atoms with E-state index in [1.807, 2.05) is 6.92 Å². The number of carbonyl (C=O) groups excluding carboxylic acids is 2. The first-order valence-electron chi connectivity index (χ1n) is 9.81. The number of aryl methyl sites for hydroxylation is 1. The van der Waals surface area contributed by atoms with Crippen molar-refractivity contribution in [3.05, 3.63) is 41.7 Å². The van der Waals surface area contributed by atoms with Crippen LogP contribution in [0.5, 0.6) is 0 Å². The van der Waals surface area contributed by atoms with Gasteiger partial charge in [-0.25, -0.2) is 9.97 Å². The van der Waals surface area contributed by atoms with Crippen LogP contribution in [0, 0.1) is 6.92 Å². The molecular weight excluding hydrogens is 354 g/mol. The van der Waals surface area contributed by atoms with Crippen molar-refractivity contribution in [2.45, 2.75) is 58.4 Å². The number of nitrogens with one attached hydrogen (secondary N) is 3. The fraction of sp³-hybridized carbons (Fsp3) is 0.429. The largest absolute Gasteiger partial charge is 0.351 e. The van der Waals surface area contributed by atoms with Gasteiger partial charge in [0.15, 0.2) is 0 Å². The number of amides is 2. The molecule has 0 atom stereocenters. The van der Waals surface area contributed by atoms with Gasteiger partial charge >= 0.3 is 0 Å². The van der Waals surface area contributed by atoms with Crippen molar-refractivity contribution in [1.82, 2.24) is 9.97 Å². The van der Waals surface area contributed by atoms with Gasteiger partial charge in [-0.1, -0.05) is 25.7 Å². The van der Waals surface area contributed by atoms with Crippen molar-refractivity contribution in [1.29, 1.82) is 0 Å². The van der Waals surface area contributed by atoms with Crippen LogP contribution in [0.25, 0.3) is 0 Å². The topological polar surface area (TPSA) is 96.0 Å². The van der Waals surface area contributed by atoms with Crippen LogP contribution in [0.3, 0.4) is 0 Å². The van der Waals surface area contributed by atoms with E-state index >= 15 is 0 Å². The third-order valence-corrected chi connectivity index (χ3v) is 4.74. The average molecular weight is 381 g/mol. The Bertz CT molecular complexity index is 827. The lowest BCUT2D eigenvalue weighted by Crippen LogP contribution is -2.22. The van der Waals surface area contributed by atoms with Crippen LogP contribution < -0.4 is 16.0 Å². The molecule has 1 aromatic carbocycles. The van der Waals surface area contributed by atoms with Gasteiger partial charge in [-0.3, -0.25) is 9.59 Å². The number of carbonyl (C=O) groups is 2. The highest BCUT2D eigenvalue weighted by molar-refractivity contribution is 6.03. The average Bonchev–Trinajstić information content (AvgIpc) is 2.91. The Hall–Kier alpha value is -2.96. The Kier molecular flexibility index (Phi) is 6.57. The Labute approximate surface area is 165 Å². The van der Waals surface area contributed by atoms with E-state index in [4.69, 9.17) is 0 Å². The van der Waals surface area contributed by atoms with Gasteiger partial charge in [0.25, 0.3) is 5.91 Å². The molecule has 0 bridgehead atoms. The minimum atomic E-state index is -0.290. The standard InChI is InChI=1S/C21H27N5O2/c1-14-13-19(26-21(22-14)25-16-7-5-3-4-6-8-16)20(28)24-18-11-9-17(10-12-18)23-15(2)27/h9-13,16H,3-8H2,1-2H3,(H,23,27)(H,24,28)(H,22,25,26). The molecule has 148 valence electrons. The number of anilines is 3. The van der Waals surface area contributed by atoms with Gasteiger partial charge in [0.1, 0.15) is 5.69 Å². The van der Waals surface area contributed by atoms with Crippen molar-refractivity contribution in [2.24, 2.45) is 0 Å². The van der Waals surface area contributed by atoms with Gasteiger partial charge in [0.05, 0.1) is 0 Å². The minimum absolute atomic E-state index is 0.137. The molecule has 0 radical (unpaired) electrons. The molecule has 7 nitrogen and oxygen atoms in total. The van der Waals surface area contributed by atoms with Crippen molar-refractivity contribution in [3.63, 3.8) is 0 Å². The van der Waals surface area contributed by atoms with Crippen LogP contribution in [-0.4, -0.2) is 27.8 Å². The molecule has 0 saturated heterocycles. The highest BCUT2D eigenvalue weighted by Crippen LogP contribution is 2.20. The van der Waals surface area contributed by atoms with Gasteiger partial charge in [0, 0.05) is 30.0 Å². The van der Waals surface area contributed by atoms with Crippen molar-refractivity contribution in [3.8, 4) is 0 Å². The molecule has 0 spiro atoms. The molecule has 2 amide bonds. The lowest BCUT2D eigenvalue weighted by atomic mass is 10.1. The molecule has 1 saturated carbocycles. The predicted octanol–water partition coefficient (Wildman–Crippen LogP) is 4.13. The second-order valence-corrected chi connectivity index (χ2v) is 7.26. The van der Waals surface area contributed by atoms with E-state index in [0.717, 1.165) is 18.5 Å². The van der Waals surface area contributed by atoms with Gasteiger partial charge < -0.3 is 16.0 Å². The lowest BCUT2D eigenvalue weighted by molar-refractivity contribution is -0.114. The van der Waals surface area contributed by atoms with Crippen molar-refractivity contribution >= 4 is 29.1 Å². The summed E-state index contributed by atoms with van der Waals surface area (Å²) in [4.78, 5) is 32.6. The second-order valence-electron chi connectivity index (χ2n) is 7.26. The fourth-order valence-electron chi connectivity index (χ4n) is 3.39. The summed E-state index contributed by atoms with van der Waals surface area (Å²) in [6.07, 6.45) is 7.21. The van der Waals surface area contributed by atoms with E-state index in [0.29, 0.717) is 29.1 Å². The van der Waals surface area contributed by atoms with E-state index in [2.05, 4.69) is 25.9 Å². The maximum Gasteiger partial charge on any atom is 0.274 e. The summed E-state index contributed by atoms with van der Waals surface area (Å²) >= 11 is 0. The maximum absolute atomic E-state index is 12.6. The first-order valence-corrected chi connectivity index (χ1v) is 9.81. The molecule has 2 aromatic rings. The Morgan fingerprint density at radius 2 is 1.54 bits per heavy atom. The zero-order valence-electron chi connectivity index (χ0n) is 16.4. The molecule has 1 fully saturated rings. The molecule has 28 heavy (non-hydrogen) atoms. The molecule has 0 aliphatic heterocycles. The number of rotatable bonds is 5. The van der Waals surface area contributed by atoms with Gasteiger partial charge in [0.2, 0.25) is 11.9 Å². The van der Waals surface area contributed by atoms with Crippen LogP contribution >= 0.6 is 0 Å². The highest BCUT2D eigenvalue weighted by atomic mass is 16.2. The monoisotopic (exact) mass is 381 g/mol. The molecule has 1 aliphatic rings. The van der Waals surface area contributed by atoms with Crippen LogP contribution in [0.4, 0.5) is 17.3 Å². The first-order chi connectivity index (χ1) is 13.5. The van der Waals surface area contributed by atoms with Crippen LogP contribution in [0.2, 0.25) is 0 Å². The smallest absolute Gasteiger partial charge is 0.274 e. The summed E-state index contributed by atoms with van der Waals surface area (Å²) in [5.41, 5.74) is 2.39. The first kappa shape index (κ1) is 19.8. The lowest BCUT2D eigenvalue weighted by Gasteiger charge is -2.17. The summed E-state index contributed by atoms with van der Waals surface area (Å²) in [5.74, 6) is 0.0849. The van der Waals surface area contributed by atoms with Crippen molar-refractivity contribution in [2.75, 3.05) is 16.0 Å². The minimum Gasteiger partial charge on any atom is -0.351 e. The van der Waals surface area contributed by atoms with Gasteiger partial charge in [-0.05, 0) is 50.1 Å². The normalized spacial score (nSPS) is 14.8. The summed E-state index contributed by atoms with van der Waals surface area (Å²) in [6.45, 7) is 3.31. The van der Waals surface area contributed by atoms with E-state index in [1.165, 1.54) is 32.6 Å². The van der Waals surface area contributed by atoms with Crippen molar-refractivity contribution < 1.29 is 9.59 Å². The van der Waals surface area contributed by atoms with E-state index in [-0.39, 0.29) is 11.8 Å². The molecule has 1 heterocycles. The third-order valence-electron chi connectivity index (χ3n) is 4.74. The van der Waals surface area contributed by atoms with Crippen LogP contribution in [0.1, 0.15) is 61.6 Å². The number of aromatic nitrogens is 2. The molecule has 3 rings (SSSR count). The molecule has 0 unspecified atom stereocenters. The van der Waals surface area contributed by atoms with Crippen LogP contribution in [-0.2, 0) is 4.79 Å². The predicted molar refractivity (Wildman–Crippen MR) is 111 cm³/mol. The number of nitrogens with zero attached hydrogens (tertiary/aromatic N) is 2. The van der Waals surface area contributed by atoms with E-state index in [9.17, 15) is 9.59 Å². The summed E-state index contributed by atoms with van der Waals surface area (Å²) in [5, 5.41) is 8.94. The Balaban J connectivity index is 1.67. The van der Waals surface area contributed by atoms with E-state index < -0.39 is 0 Å². The number of benzene rings is 1. The number of hydrogen-bond acceptors (Lipinski definition) is 5. The third kappa shape index (κ3) is 5.77. The Morgan fingerprint density at radius 1 is 0.929 bits per heavy atom. The van der Waals surface area contributed by atoms with Gasteiger partial charge in [-0.2, -0.15) is 0 Å². The zero-order valence-corrected chi connectivity index (χ0v) is 16.4. The molecule has 3 N–H and O–H groups in total. The molecule has 7 heteroatoms. The Morgan fingerprint density at radius 3 is 2.14 bits per heavy atom. The van der Waals surface area contributed by atoms with Gasteiger partial charge in [-0.15, -0.1) is 0 Å². The summed E-state index contributed by atoms with van der Waals surface area (Å²) < 4.78 is 0. The summed E-state index contributed by atoms with van der Waals surface area (Å²) in [7, 11) is 0. The fourth-order valence-corrected chi connectivity index (χ4v) is 3.39. The zero-order chi connectivity index (χ0) is 19.9. The molecular formula is C21H27N5O2. The molecule has 1 aromatic heterocycles.